The average Bonchev–Trinajstić information content (AvgIpc) is 1.90. The Morgan fingerprint density at radius 1 is 1.71 bits per heavy atom. The first-order valence-electron chi connectivity index (χ1n) is 2.15. The lowest BCUT2D eigenvalue weighted by molar-refractivity contribution is 0.259. The number of ether oxygens (including phenoxy) is 1. The summed E-state index contributed by atoms with van der Waals surface area (Å²) in [5, 5.41) is 1.88. The fourth-order valence-electron chi connectivity index (χ4n) is 0.343. The minimum atomic E-state index is 0.781. The fourth-order valence-corrected chi connectivity index (χ4v) is 0.774. The summed E-state index contributed by atoms with van der Waals surface area (Å²) in [5.41, 5.74) is 0. The van der Waals surface area contributed by atoms with E-state index in [9.17, 15) is 0 Å². The molecule has 0 saturated carbocycles. The van der Waals surface area contributed by atoms with Crippen LogP contribution in [-0.2, 0) is 4.74 Å². The summed E-state index contributed by atoms with van der Waals surface area (Å²) in [5.74, 6) is 0. The Morgan fingerprint density at radius 3 is 3.71 bits per heavy atom. The molecule has 0 fully saturated rings. The van der Waals surface area contributed by atoms with Crippen molar-refractivity contribution in [1.82, 2.24) is 4.72 Å². The zero-order chi connectivity index (χ0) is 4.95. The molecular formula is C4H7NOS. The van der Waals surface area contributed by atoms with Crippen LogP contribution >= 0.6 is 11.9 Å². The zero-order valence-corrected chi connectivity index (χ0v) is 4.70. The first kappa shape index (κ1) is 5.00. The summed E-state index contributed by atoms with van der Waals surface area (Å²) in [7, 11) is 0. The first-order valence-corrected chi connectivity index (χ1v) is 3.03. The molecule has 1 heterocycles. The molecular weight excluding hydrogens is 110 g/mol. The summed E-state index contributed by atoms with van der Waals surface area (Å²) in [4.78, 5) is 0. The molecule has 3 heteroatoms. The van der Waals surface area contributed by atoms with Gasteiger partial charge in [-0.2, -0.15) is 0 Å². The summed E-state index contributed by atoms with van der Waals surface area (Å²) in [6.45, 7) is 1.71. The second-order valence-corrected chi connectivity index (χ2v) is 1.95. The highest BCUT2D eigenvalue weighted by molar-refractivity contribution is 8.00. The first-order chi connectivity index (χ1) is 3.50. The van der Waals surface area contributed by atoms with Crippen molar-refractivity contribution in [3.63, 3.8) is 0 Å². The van der Waals surface area contributed by atoms with Crippen molar-refractivity contribution in [1.29, 1.82) is 0 Å². The standard InChI is InChI=1S/C4H7NOS/c1-2-6-3-4-7-5-1/h3-5H,1-2H2. The molecule has 40 valence electrons. The van der Waals surface area contributed by atoms with Gasteiger partial charge in [0.1, 0.15) is 6.61 Å². The highest BCUT2D eigenvalue weighted by Crippen LogP contribution is 1.97. The maximum absolute atomic E-state index is 4.93. The van der Waals surface area contributed by atoms with Crippen molar-refractivity contribution in [3.05, 3.63) is 11.7 Å². The van der Waals surface area contributed by atoms with Crippen LogP contribution in [0, 0.1) is 0 Å². The van der Waals surface area contributed by atoms with Crippen LogP contribution in [0.25, 0.3) is 0 Å². The highest BCUT2D eigenvalue weighted by Gasteiger charge is 1.86. The molecule has 0 spiro atoms. The Balaban J connectivity index is 2.20. The summed E-state index contributed by atoms with van der Waals surface area (Å²) in [6, 6.07) is 0. The number of hydrogen-bond donors (Lipinski definition) is 1. The number of nitrogens with one attached hydrogen (secondary N) is 1. The molecule has 1 aliphatic heterocycles. The molecule has 7 heavy (non-hydrogen) atoms. The van der Waals surface area contributed by atoms with Crippen molar-refractivity contribution in [2.75, 3.05) is 13.2 Å². The average molecular weight is 117 g/mol. The molecule has 0 bridgehead atoms. The fraction of sp³-hybridized carbons (Fsp3) is 0.500. The molecule has 1 rings (SSSR count). The lowest BCUT2D eigenvalue weighted by Crippen LogP contribution is -2.07. The van der Waals surface area contributed by atoms with Crippen molar-refractivity contribution >= 4 is 11.9 Å². The smallest absolute Gasteiger partial charge is 0.101 e. The third-order valence-corrected chi connectivity index (χ3v) is 1.24. The molecule has 0 aliphatic carbocycles. The third-order valence-electron chi connectivity index (χ3n) is 0.625. The SMILES string of the molecule is C1=CSNCCO1. The molecule has 0 radical (unpaired) electrons. The molecule has 0 aromatic heterocycles. The molecule has 2 nitrogen and oxygen atoms in total. The van der Waals surface area contributed by atoms with Gasteiger partial charge < -0.3 is 4.74 Å². The predicted octanol–water partition coefficient (Wildman–Crippen LogP) is 0.726. The number of rotatable bonds is 0. The van der Waals surface area contributed by atoms with Gasteiger partial charge in [0.15, 0.2) is 0 Å². The van der Waals surface area contributed by atoms with Gasteiger partial charge >= 0.3 is 0 Å². The molecule has 1 aliphatic rings. The monoisotopic (exact) mass is 117 g/mol. The quantitative estimate of drug-likeness (QED) is 0.472. The van der Waals surface area contributed by atoms with E-state index in [0.29, 0.717) is 0 Å². The maximum Gasteiger partial charge on any atom is 0.101 e. The van der Waals surface area contributed by atoms with Crippen LogP contribution in [-0.4, -0.2) is 13.2 Å². The van der Waals surface area contributed by atoms with Gasteiger partial charge in [-0.15, -0.1) is 0 Å². The molecule has 0 saturated heterocycles. The van der Waals surface area contributed by atoms with E-state index in [-0.39, 0.29) is 0 Å². The molecule has 0 unspecified atom stereocenters. The van der Waals surface area contributed by atoms with Gasteiger partial charge in [0, 0.05) is 12.0 Å². The Labute approximate surface area is 47.1 Å². The van der Waals surface area contributed by atoms with Crippen LogP contribution in [0.5, 0.6) is 0 Å². The van der Waals surface area contributed by atoms with Crippen molar-refractivity contribution in [2.45, 2.75) is 0 Å². The summed E-state index contributed by atoms with van der Waals surface area (Å²) < 4.78 is 7.98. The van der Waals surface area contributed by atoms with E-state index in [1.807, 2.05) is 5.41 Å². The van der Waals surface area contributed by atoms with Gasteiger partial charge in [0.25, 0.3) is 0 Å². The minimum Gasteiger partial charge on any atom is -0.499 e. The Bertz CT molecular complexity index is 66.1. The predicted molar refractivity (Wildman–Crippen MR) is 30.7 cm³/mol. The van der Waals surface area contributed by atoms with E-state index >= 15 is 0 Å². The summed E-state index contributed by atoms with van der Waals surface area (Å²) in [6.07, 6.45) is 1.70. The van der Waals surface area contributed by atoms with Crippen molar-refractivity contribution in [2.24, 2.45) is 0 Å². The van der Waals surface area contributed by atoms with Crippen LogP contribution in [0.1, 0.15) is 0 Å². The van der Waals surface area contributed by atoms with E-state index in [1.54, 1.807) is 18.2 Å². The second kappa shape index (κ2) is 2.93. The van der Waals surface area contributed by atoms with Gasteiger partial charge in [0.2, 0.25) is 0 Å². The van der Waals surface area contributed by atoms with Crippen LogP contribution in [0.4, 0.5) is 0 Å². The number of hydrogen-bond acceptors (Lipinski definition) is 3. The zero-order valence-electron chi connectivity index (χ0n) is 3.89. The third kappa shape index (κ3) is 1.85. The lowest BCUT2D eigenvalue weighted by atomic mass is 10.7. The van der Waals surface area contributed by atoms with Gasteiger partial charge in [-0.3, -0.25) is 4.72 Å². The van der Waals surface area contributed by atoms with Gasteiger partial charge in [0.05, 0.1) is 6.26 Å². The van der Waals surface area contributed by atoms with Gasteiger partial charge in [-0.1, -0.05) is 0 Å². The normalized spacial score (nSPS) is 20.6. The van der Waals surface area contributed by atoms with E-state index in [0.717, 1.165) is 13.2 Å². The van der Waals surface area contributed by atoms with E-state index < -0.39 is 0 Å². The van der Waals surface area contributed by atoms with Gasteiger partial charge in [-0.25, -0.2) is 0 Å². The highest BCUT2D eigenvalue weighted by atomic mass is 32.2. The topological polar surface area (TPSA) is 21.3 Å². The van der Waals surface area contributed by atoms with Crippen LogP contribution in [0.3, 0.4) is 0 Å². The van der Waals surface area contributed by atoms with Gasteiger partial charge in [-0.05, 0) is 11.9 Å². The van der Waals surface area contributed by atoms with E-state index in [1.165, 1.54) is 0 Å². The minimum absolute atomic E-state index is 0.781. The van der Waals surface area contributed by atoms with Crippen LogP contribution < -0.4 is 4.72 Å². The molecule has 1 N–H and O–H groups in total. The Hall–Kier alpha value is -0.150. The Morgan fingerprint density at radius 2 is 2.71 bits per heavy atom. The largest absolute Gasteiger partial charge is 0.499 e. The maximum atomic E-state index is 4.93. The van der Waals surface area contributed by atoms with Crippen molar-refractivity contribution in [3.8, 4) is 0 Å². The molecule has 0 amide bonds. The molecule has 0 aromatic carbocycles. The summed E-state index contributed by atoms with van der Waals surface area (Å²) >= 11 is 1.56. The Kier molecular flexibility index (Phi) is 2.09. The second-order valence-electron chi connectivity index (χ2n) is 1.16. The molecule has 0 atom stereocenters. The lowest BCUT2D eigenvalue weighted by Gasteiger charge is -1.92. The van der Waals surface area contributed by atoms with Crippen LogP contribution in [0.2, 0.25) is 0 Å². The van der Waals surface area contributed by atoms with Crippen molar-refractivity contribution < 1.29 is 4.74 Å². The van der Waals surface area contributed by atoms with E-state index in [2.05, 4.69) is 4.72 Å². The van der Waals surface area contributed by atoms with Crippen LogP contribution in [0.15, 0.2) is 11.7 Å². The molecule has 0 aromatic rings. The van der Waals surface area contributed by atoms with E-state index in [4.69, 9.17) is 4.74 Å².